The highest BCUT2D eigenvalue weighted by atomic mass is 16.5. The van der Waals surface area contributed by atoms with E-state index < -0.39 is 5.97 Å². The predicted octanol–water partition coefficient (Wildman–Crippen LogP) is 4.13. The molecule has 0 atom stereocenters. The minimum absolute atomic E-state index is 0.0650. The zero-order chi connectivity index (χ0) is 25.2. The number of carbonyl (C=O) groups is 3. The van der Waals surface area contributed by atoms with Crippen LogP contribution in [0, 0.1) is 0 Å². The summed E-state index contributed by atoms with van der Waals surface area (Å²) in [7, 11) is 3.16. The van der Waals surface area contributed by atoms with E-state index in [1.807, 2.05) is 30.3 Å². The molecule has 8 nitrogen and oxygen atoms in total. The minimum atomic E-state index is -0.453. The van der Waals surface area contributed by atoms with E-state index in [1.54, 1.807) is 44.6 Å². The topological polar surface area (TPSA) is 103 Å². The number of esters is 1. The summed E-state index contributed by atoms with van der Waals surface area (Å²) in [6, 6.07) is 19.2. The molecule has 8 heteroatoms. The van der Waals surface area contributed by atoms with Gasteiger partial charge < -0.3 is 24.8 Å². The van der Waals surface area contributed by atoms with Crippen molar-refractivity contribution in [2.75, 3.05) is 19.5 Å². The molecule has 0 spiro atoms. The number of carbonyl (C=O) groups excluding carboxylic acids is 3. The fourth-order valence-electron chi connectivity index (χ4n) is 3.36. The highest BCUT2D eigenvalue weighted by Crippen LogP contribution is 2.28. The molecule has 0 saturated heterocycles. The van der Waals surface area contributed by atoms with Gasteiger partial charge in [0.25, 0.3) is 5.91 Å². The van der Waals surface area contributed by atoms with Crippen molar-refractivity contribution in [2.24, 2.45) is 0 Å². The van der Waals surface area contributed by atoms with E-state index in [4.69, 9.17) is 14.2 Å². The van der Waals surface area contributed by atoms with Crippen molar-refractivity contribution in [1.29, 1.82) is 0 Å². The molecule has 0 aliphatic carbocycles. The molecular weight excluding hydrogens is 448 g/mol. The summed E-state index contributed by atoms with van der Waals surface area (Å²) in [4.78, 5) is 35.9. The lowest BCUT2D eigenvalue weighted by Crippen LogP contribution is -2.23. The summed E-state index contributed by atoms with van der Waals surface area (Å²) in [6.45, 7) is 1.68. The average Bonchev–Trinajstić information content (AvgIpc) is 2.86. The van der Waals surface area contributed by atoms with E-state index in [9.17, 15) is 14.4 Å². The van der Waals surface area contributed by atoms with Gasteiger partial charge in [-0.2, -0.15) is 0 Å². The van der Waals surface area contributed by atoms with Gasteiger partial charge in [0.05, 0.1) is 14.2 Å². The molecule has 182 valence electrons. The number of amides is 2. The van der Waals surface area contributed by atoms with E-state index in [2.05, 4.69) is 10.6 Å². The number of anilines is 1. The zero-order valence-corrected chi connectivity index (χ0v) is 19.9. The lowest BCUT2D eigenvalue weighted by Gasteiger charge is -2.10. The van der Waals surface area contributed by atoms with E-state index in [0.717, 1.165) is 11.1 Å². The van der Waals surface area contributed by atoms with E-state index >= 15 is 0 Å². The first-order valence-electron chi connectivity index (χ1n) is 11.0. The Morgan fingerprint density at radius 1 is 0.829 bits per heavy atom. The fourth-order valence-corrected chi connectivity index (χ4v) is 3.36. The van der Waals surface area contributed by atoms with Crippen molar-refractivity contribution in [2.45, 2.75) is 26.3 Å². The van der Waals surface area contributed by atoms with Gasteiger partial charge in [-0.25, -0.2) is 0 Å². The van der Waals surface area contributed by atoms with Crippen LogP contribution in [0.5, 0.6) is 17.2 Å². The molecule has 0 fully saturated rings. The molecule has 3 rings (SSSR count). The Labute approximate surface area is 204 Å². The Hall–Kier alpha value is -4.33. The predicted molar refractivity (Wildman–Crippen MR) is 132 cm³/mol. The molecule has 0 aliphatic rings. The minimum Gasteiger partial charge on any atom is -0.493 e. The number of nitrogens with one attached hydrogen (secondary N) is 2. The lowest BCUT2D eigenvalue weighted by atomic mass is 10.1. The van der Waals surface area contributed by atoms with Crippen LogP contribution in [-0.2, 0) is 22.6 Å². The van der Waals surface area contributed by atoms with Gasteiger partial charge in [0, 0.05) is 31.1 Å². The normalized spacial score (nSPS) is 10.3. The maximum atomic E-state index is 12.5. The van der Waals surface area contributed by atoms with Crippen LogP contribution in [0.25, 0.3) is 0 Å². The maximum absolute atomic E-state index is 12.5. The summed E-state index contributed by atoms with van der Waals surface area (Å²) in [5.41, 5.74) is 2.86. The van der Waals surface area contributed by atoms with E-state index in [1.165, 1.54) is 13.0 Å². The standard InChI is InChI=1S/C27H28N2O6/c1-18(30)35-23-6-4-5-21(16-23)27(32)29-22-11-7-20(8-12-22)17-28-26(31)14-10-19-9-13-24(33-2)25(15-19)34-3/h4-9,11-13,15-16H,10,14,17H2,1-3H3,(H,28,31)(H,29,32). The summed E-state index contributed by atoms with van der Waals surface area (Å²) >= 11 is 0. The van der Waals surface area contributed by atoms with Crippen LogP contribution < -0.4 is 24.8 Å². The molecule has 3 aromatic carbocycles. The van der Waals surface area contributed by atoms with Crippen molar-refractivity contribution < 1.29 is 28.6 Å². The van der Waals surface area contributed by atoms with E-state index in [-0.39, 0.29) is 11.8 Å². The van der Waals surface area contributed by atoms with Gasteiger partial charge in [-0.15, -0.1) is 0 Å². The molecule has 35 heavy (non-hydrogen) atoms. The van der Waals surface area contributed by atoms with Crippen LogP contribution >= 0.6 is 0 Å². The third kappa shape index (κ3) is 7.60. The smallest absolute Gasteiger partial charge is 0.308 e. The highest BCUT2D eigenvalue weighted by molar-refractivity contribution is 6.04. The molecule has 0 saturated carbocycles. The highest BCUT2D eigenvalue weighted by Gasteiger charge is 2.10. The Bertz CT molecular complexity index is 1190. The van der Waals surface area contributed by atoms with Crippen LogP contribution in [0.4, 0.5) is 5.69 Å². The number of hydrogen-bond acceptors (Lipinski definition) is 6. The first-order chi connectivity index (χ1) is 16.9. The van der Waals surface area contributed by atoms with Crippen molar-refractivity contribution in [3.05, 3.63) is 83.4 Å². The summed E-state index contributed by atoms with van der Waals surface area (Å²) in [5.74, 6) is 0.749. The molecule has 0 radical (unpaired) electrons. The van der Waals surface area contributed by atoms with Crippen LogP contribution in [-0.4, -0.2) is 32.0 Å². The molecule has 0 bridgehead atoms. The van der Waals surface area contributed by atoms with Gasteiger partial charge in [-0.3, -0.25) is 14.4 Å². The second-order valence-electron chi connectivity index (χ2n) is 7.74. The first-order valence-corrected chi connectivity index (χ1v) is 11.0. The SMILES string of the molecule is COc1ccc(CCC(=O)NCc2ccc(NC(=O)c3cccc(OC(C)=O)c3)cc2)cc1OC. The number of ether oxygens (including phenoxy) is 3. The fraction of sp³-hybridized carbons (Fsp3) is 0.222. The molecule has 0 heterocycles. The molecular formula is C27H28N2O6. The monoisotopic (exact) mass is 476 g/mol. The van der Waals surface area contributed by atoms with Crippen LogP contribution in [0.1, 0.15) is 34.8 Å². The summed E-state index contributed by atoms with van der Waals surface area (Å²) < 4.78 is 15.5. The van der Waals surface area contributed by atoms with Gasteiger partial charge in [-0.05, 0) is 60.0 Å². The van der Waals surface area contributed by atoms with Gasteiger partial charge in [0.1, 0.15) is 5.75 Å². The van der Waals surface area contributed by atoms with Crippen LogP contribution in [0.3, 0.4) is 0 Å². The number of aryl methyl sites for hydroxylation is 1. The third-order valence-electron chi connectivity index (χ3n) is 5.15. The Kier molecular flexibility index (Phi) is 8.83. The van der Waals surface area contributed by atoms with Gasteiger partial charge in [-0.1, -0.05) is 24.3 Å². The van der Waals surface area contributed by atoms with E-state index in [0.29, 0.717) is 47.9 Å². The van der Waals surface area contributed by atoms with Crippen molar-refractivity contribution in [3.63, 3.8) is 0 Å². The third-order valence-corrected chi connectivity index (χ3v) is 5.15. The Morgan fingerprint density at radius 3 is 2.23 bits per heavy atom. The van der Waals surface area contributed by atoms with Gasteiger partial charge in [0.15, 0.2) is 11.5 Å². The Morgan fingerprint density at radius 2 is 1.54 bits per heavy atom. The number of hydrogen-bond donors (Lipinski definition) is 2. The number of methoxy groups -OCH3 is 2. The summed E-state index contributed by atoms with van der Waals surface area (Å²) in [5, 5.41) is 5.71. The largest absolute Gasteiger partial charge is 0.493 e. The van der Waals surface area contributed by atoms with Crippen LogP contribution in [0.15, 0.2) is 66.7 Å². The van der Waals surface area contributed by atoms with Gasteiger partial charge in [0.2, 0.25) is 5.91 Å². The average molecular weight is 477 g/mol. The van der Waals surface area contributed by atoms with Crippen LogP contribution in [0.2, 0.25) is 0 Å². The Balaban J connectivity index is 1.47. The summed E-state index contributed by atoms with van der Waals surface area (Å²) in [6.07, 6.45) is 0.922. The molecule has 0 aliphatic heterocycles. The molecule has 0 aromatic heterocycles. The maximum Gasteiger partial charge on any atom is 0.308 e. The zero-order valence-electron chi connectivity index (χ0n) is 19.9. The quantitative estimate of drug-likeness (QED) is 0.337. The number of benzene rings is 3. The van der Waals surface area contributed by atoms with Crippen molar-refractivity contribution in [1.82, 2.24) is 5.32 Å². The molecule has 0 unspecified atom stereocenters. The molecule has 2 amide bonds. The van der Waals surface area contributed by atoms with Crippen molar-refractivity contribution in [3.8, 4) is 17.2 Å². The molecule has 3 aromatic rings. The van der Waals surface area contributed by atoms with Crippen molar-refractivity contribution >= 4 is 23.5 Å². The first kappa shape index (κ1) is 25.3. The van der Waals surface area contributed by atoms with Gasteiger partial charge >= 0.3 is 5.97 Å². The second-order valence-corrected chi connectivity index (χ2v) is 7.74. The number of rotatable bonds is 10. The molecule has 2 N–H and O–H groups in total. The second kappa shape index (κ2) is 12.2. The lowest BCUT2D eigenvalue weighted by molar-refractivity contribution is -0.131.